The molecule has 4 N–H and O–H groups in total. The molecule has 0 fully saturated rings. The van der Waals surface area contributed by atoms with Crippen LogP contribution in [0, 0.1) is 13.8 Å². The van der Waals surface area contributed by atoms with Crippen molar-refractivity contribution in [1.29, 1.82) is 0 Å². The third-order valence-electron chi connectivity index (χ3n) is 7.72. The monoisotopic (exact) mass is 676 g/mol. The molecule has 0 aliphatic rings. The Kier molecular flexibility index (Phi) is 12.5. The van der Waals surface area contributed by atoms with E-state index in [0.717, 1.165) is 39.8 Å². The highest BCUT2D eigenvalue weighted by molar-refractivity contribution is 7.91. The van der Waals surface area contributed by atoms with Crippen LogP contribution in [0.1, 0.15) is 42.2 Å². The Labute approximate surface area is 282 Å². The van der Waals surface area contributed by atoms with E-state index in [1.807, 2.05) is 80.6 Å². The number of sulfone groups is 1. The van der Waals surface area contributed by atoms with Crippen molar-refractivity contribution in [2.24, 2.45) is 0 Å². The minimum atomic E-state index is -3.76. The topological polar surface area (TPSA) is 146 Å². The van der Waals surface area contributed by atoms with Gasteiger partial charge in [-0.15, -0.1) is 0 Å². The van der Waals surface area contributed by atoms with Gasteiger partial charge in [0.05, 0.1) is 18.4 Å². The van der Waals surface area contributed by atoms with Crippen molar-refractivity contribution in [2.45, 2.75) is 51.3 Å². The molecule has 0 aliphatic heterocycles. The predicted octanol–water partition coefficient (Wildman–Crippen LogP) is 5.57. The second-order valence-corrected chi connectivity index (χ2v) is 13.5. The molecular weight excluding hydrogens is 632 g/mol. The van der Waals surface area contributed by atoms with Gasteiger partial charge >= 0.3 is 5.97 Å². The first-order chi connectivity index (χ1) is 22.9. The third kappa shape index (κ3) is 9.50. The fourth-order valence-electron chi connectivity index (χ4n) is 5.34. The molecule has 4 aromatic carbocycles. The number of rotatable bonds is 16. The number of aliphatic hydroxyl groups excluding tert-OH is 1. The van der Waals surface area contributed by atoms with Crippen molar-refractivity contribution in [3.8, 4) is 28.4 Å². The standard InChI is InChI=1S/C37H44N2O8S/c1-6-44-33(40)23-46-30-14-12-28(13-15-30)29-20-24(2)36(25(3)21-29)45-19-18-39-26(4)35(41)31-16-17-32(37(34(31)38)48(5,42)43)47-22-27-10-8-7-9-11-27/h7-17,20-21,26,35,39,41H,6,18-19,22-23,38H2,1-5H3/t26-,35-/m0/s1. The number of nitrogen functional groups attached to an aromatic ring is 1. The van der Waals surface area contributed by atoms with Gasteiger partial charge in [0, 0.05) is 24.4 Å². The number of anilines is 1. The molecule has 0 spiro atoms. The highest BCUT2D eigenvalue weighted by atomic mass is 32.2. The van der Waals surface area contributed by atoms with Crippen LogP contribution in [-0.4, -0.2) is 58.2 Å². The van der Waals surface area contributed by atoms with E-state index < -0.39 is 28.0 Å². The summed E-state index contributed by atoms with van der Waals surface area (Å²) < 4.78 is 47.8. The Morgan fingerprint density at radius 1 is 0.917 bits per heavy atom. The number of nitrogens with two attached hydrogens (primary N) is 1. The number of aliphatic hydroxyl groups is 1. The van der Waals surface area contributed by atoms with Gasteiger partial charge in [-0.3, -0.25) is 0 Å². The fraction of sp³-hybridized carbons (Fsp3) is 0.324. The highest BCUT2D eigenvalue weighted by Gasteiger charge is 2.26. The molecule has 0 aromatic heterocycles. The molecule has 4 aromatic rings. The molecule has 0 bridgehead atoms. The summed E-state index contributed by atoms with van der Waals surface area (Å²) in [5, 5.41) is 14.4. The Hall–Kier alpha value is -4.58. The Morgan fingerprint density at radius 3 is 2.21 bits per heavy atom. The van der Waals surface area contributed by atoms with E-state index in [2.05, 4.69) is 5.32 Å². The molecule has 256 valence electrons. The van der Waals surface area contributed by atoms with E-state index >= 15 is 0 Å². The summed E-state index contributed by atoms with van der Waals surface area (Å²) in [5.41, 5.74) is 11.4. The molecule has 0 radical (unpaired) electrons. The van der Waals surface area contributed by atoms with Gasteiger partial charge in [0.15, 0.2) is 16.4 Å². The SMILES string of the molecule is CCOC(=O)COc1ccc(-c2cc(C)c(OCCN[C@@H](C)[C@H](O)c3ccc(OCc4ccccc4)c(S(C)(=O)=O)c3N)c(C)c2)cc1. The molecule has 0 unspecified atom stereocenters. The lowest BCUT2D eigenvalue weighted by Gasteiger charge is -2.24. The zero-order valence-corrected chi connectivity index (χ0v) is 28.8. The summed E-state index contributed by atoms with van der Waals surface area (Å²) in [6.07, 6.45) is -0.0143. The number of hydrogen-bond donors (Lipinski definition) is 3. The molecule has 4 rings (SSSR count). The Bertz CT molecular complexity index is 1770. The van der Waals surface area contributed by atoms with E-state index in [9.17, 15) is 18.3 Å². The van der Waals surface area contributed by atoms with Gasteiger partial charge in [0.2, 0.25) is 0 Å². The van der Waals surface area contributed by atoms with Crippen LogP contribution >= 0.6 is 0 Å². The first kappa shape index (κ1) is 36.3. The number of carbonyl (C=O) groups excluding carboxylic acids is 1. The number of aryl methyl sites for hydroxylation is 2. The van der Waals surface area contributed by atoms with Gasteiger partial charge in [0.1, 0.15) is 35.4 Å². The van der Waals surface area contributed by atoms with Crippen LogP contribution in [0.15, 0.2) is 83.8 Å². The van der Waals surface area contributed by atoms with Gasteiger partial charge < -0.3 is 35.1 Å². The molecule has 11 heteroatoms. The molecule has 0 amide bonds. The van der Waals surface area contributed by atoms with Crippen LogP contribution in [0.25, 0.3) is 11.1 Å². The average molecular weight is 677 g/mol. The largest absolute Gasteiger partial charge is 0.492 e. The van der Waals surface area contributed by atoms with E-state index in [1.54, 1.807) is 19.9 Å². The van der Waals surface area contributed by atoms with Crippen LogP contribution in [0.4, 0.5) is 5.69 Å². The number of benzene rings is 4. The van der Waals surface area contributed by atoms with Crippen LogP contribution in [0.5, 0.6) is 17.2 Å². The van der Waals surface area contributed by atoms with Gasteiger partial charge in [-0.1, -0.05) is 48.5 Å². The second-order valence-electron chi connectivity index (χ2n) is 11.5. The summed E-state index contributed by atoms with van der Waals surface area (Å²) in [6.45, 7) is 8.61. The van der Waals surface area contributed by atoms with Crippen molar-refractivity contribution in [2.75, 3.05) is 38.4 Å². The van der Waals surface area contributed by atoms with E-state index in [-0.39, 0.29) is 29.5 Å². The maximum atomic E-state index is 12.7. The van der Waals surface area contributed by atoms with Crippen LogP contribution in [0.3, 0.4) is 0 Å². The van der Waals surface area contributed by atoms with Crippen molar-refractivity contribution in [3.63, 3.8) is 0 Å². The number of nitrogens with one attached hydrogen (secondary N) is 1. The molecule has 0 heterocycles. The van der Waals surface area contributed by atoms with Crippen molar-refractivity contribution >= 4 is 21.5 Å². The minimum Gasteiger partial charge on any atom is -0.492 e. The van der Waals surface area contributed by atoms with Crippen LogP contribution in [-0.2, 0) is 26.0 Å². The maximum Gasteiger partial charge on any atom is 0.344 e. The molecule has 10 nitrogen and oxygen atoms in total. The summed E-state index contributed by atoms with van der Waals surface area (Å²) in [7, 11) is -3.76. The van der Waals surface area contributed by atoms with Gasteiger partial charge in [-0.25, -0.2) is 13.2 Å². The Balaban J connectivity index is 1.34. The molecule has 0 saturated heterocycles. The van der Waals surface area contributed by atoms with E-state index in [1.165, 1.54) is 6.07 Å². The van der Waals surface area contributed by atoms with Crippen molar-refractivity contribution in [1.82, 2.24) is 5.32 Å². The minimum absolute atomic E-state index is 0.0364. The first-order valence-corrected chi connectivity index (χ1v) is 17.6. The third-order valence-corrected chi connectivity index (χ3v) is 8.88. The first-order valence-electron chi connectivity index (χ1n) is 15.7. The summed E-state index contributed by atoms with van der Waals surface area (Å²) in [6, 6.07) is 23.7. The quantitative estimate of drug-likeness (QED) is 0.0782. The van der Waals surface area contributed by atoms with E-state index in [0.29, 0.717) is 31.1 Å². The summed E-state index contributed by atoms with van der Waals surface area (Å²) in [4.78, 5) is 11.4. The Morgan fingerprint density at radius 2 is 1.58 bits per heavy atom. The lowest BCUT2D eigenvalue weighted by atomic mass is 9.99. The van der Waals surface area contributed by atoms with E-state index in [4.69, 9.17) is 24.7 Å². The van der Waals surface area contributed by atoms with Gasteiger partial charge in [-0.2, -0.15) is 0 Å². The van der Waals surface area contributed by atoms with Crippen molar-refractivity contribution in [3.05, 3.63) is 101 Å². The molecule has 0 aliphatic carbocycles. The maximum absolute atomic E-state index is 12.7. The van der Waals surface area contributed by atoms with Crippen LogP contribution < -0.4 is 25.3 Å². The average Bonchev–Trinajstić information content (AvgIpc) is 3.05. The van der Waals surface area contributed by atoms with Crippen LogP contribution in [0.2, 0.25) is 0 Å². The zero-order valence-electron chi connectivity index (χ0n) is 28.0. The van der Waals surface area contributed by atoms with Gasteiger partial charge in [-0.05, 0) is 85.8 Å². The number of hydrogen-bond acceptors (Lipinski definition) is 10. The number of esters is 1. The lowest BCUT2D eigenvalue weighted by molar-refractivity contribution is -0.145. The lowest BCUT2D eigenvalue weighted by Crippen LogP contribution is -2.35. The molecule has 2 atom stereocenters. The highest BCUT2D eigenvalue weighted by Crippen LogP contribution is 2.37. The smallest absolute Gasteiger partial charge is 0.344 e. The predicted molar refractivity (Wildman–Crippen MR) is 186 cm³/mol. The summed E-state index contributed by atoms with van der Waals surface area (Å²) >= 11 is 0. The summed E-state index contributed by atoms with van der Waals surface area (Å²) in [5.74, 6) is 1.08. The number of ether oxygens (including phenoxy) is 4. The fourth-order valence-corrected chi connectivity index (χ4v) is 6.35. The number of carbonyl (C=O) groups is 1. The molecular formula is C37H44N2O8S. The normalized spacial score (nSPS) is 12.6. The van der Waals surface area contributed by atoms with Gasteiger partial charge in [0.25, 0.3) is 0 Å². The molecule has 0 saturated carbocycles. The molecule has 48 heavy (non-hydrogen) atoms. The second kappa shape index (κ2) is 16.5. The zero-order chi connectivity index (χ0) is 34.8. The van der Waals surface area contributed by atoms with Crippen molar-refractivity contribution < 1.29 is 37.3 Å².